The minimum absolute atomic E-state index is 0.877. The van der Waals surface area contributed by atoms with Gasteiger partial charge in [-0.25, -0.2) is 9.97 Å². The molecule has 3 nitrogen and oxygen atoms in total. The second-order valence-electron chi connectivity index (χ2n) is 13.7. The molecule has 0 aliphatic heterocycles. The molecule has 0 N–H and O–H groups in total. The van der Waals surface area contributed by atoms with Crippen LogP contribution >= 0.6 is 0 Å². The molecule has 1 aliphatic rings. The largest absolute Gasteiger partial charge is 0.282 e. The van der Waals surface area contributed by atoms with Crippen molar-refractivity contribution in [2.24, 2.45) is 0 Å². The number of imidazole rings is 1. The summed E-state index contributed by atoms with van der Waals surface area (Å²) in [6, 6.07) is 63.6. The number of rotatable bonds is 5. The third kappa shape index (κ3) is 4.47. The predicted molar refractivity (Wildman–Crippen MR) is 220 cm³/mol. The average molecular weight is 674 g/mol. The Hall–Kier alpha value is -7.10. The molecule has 2 heterocycles. The number of fused-ring (bicyclic) bond motifs is 5. The summed E-state index contributed by atoms with van der Waals surface area (Å²) in [5, 5.41) is 5.12. The smallest absolute Gasteiger partial charge is 0.140 e. The highest BCUT2D eigenvalue weighted by atomic mass is 15.1. The molecule has 0 unspecified atom stereocenters. The van der Waals surface area contributed by atoms with E-state index < -0.39 is 0 Å². The summed E-state index contributed by atoms with van der Waals surface area (Å²) in [5.74, 6) is 0. The van der Waals surface area contributed by atoms with Gasteiger partial charge in [0.2, 0.25) is 0 Å². The SMILES string of the molecule is c1ccc(-c2nc3ccncn3c2-c2ccc(-c3ccc4c5c(cccc35)-c3c-4c(-c4ccccc4)c4ccccc4c3-c3ccccc3)cc2)cc1. The minimum atomic E-state index is 0.877. The maximum Gasteiger partial charge on any atom is 0.140 e. The van der Waals surface area contributed by atoms with Crippen LogP contribution in [0.4, 0.5) is 0 Å². The summed E-state index contributed by atoms with van der Waals surface area (Å²) < 4.78 is 2.09. The molecular weight excluding hydrogens is 643 g/mol. The Bertz CT molecular complexity index is 2920. The minimum Gasteiger partial charge on any atom is -0.282 e. The Morgan fingerprint density at radius 1 is 0.358 bits per heavy atom. The van der Waals surface area contributed by atoms with E-state index in [-0.39, 0.29) is 0 Å². The van der Waals surface area contributed by atoms with Crippen LogP contribution in [0, 0.1) is 0 Å². The molecule has 53 heavy (non-hydrogen) atoms. The molecule has 11 rings (SSSR count). The van der Waals surface area contributed by atoms with Gasteiger partial charge in [-0.15, -0.1) is 0 Å². The number of nitrogens with zero attached hydrogens (tertiary/aromatic N) is 3. The molecular formula is C50H31N3. The first kappa shape index (κ1) is 29.6. The number of hydrogen-bond donors (Lipinski definition) is 0. The molecule has 8 aromatic carbocycles. The zero-order chi connectivity index (χ0) is 34.9. The van der Waals surface area contributed by atoms with Gasteiger partial charge in [0.15, 0.2) is 0 Å². The van der Waals surface area contributed by atoms with Crippen molar-refractivity contribution in [1.82, 2.24) is 14.4 Å². The first-order valence-corrected chi connectivity index (χ1v) is 18.1. The lowest BCUT2D eigenvalue weighted by molar-refractivity contribution is 1.09. The van der Waals surface area contributed by atoms with Crippen molar-refractivity contribution in [3.8, 4) is 78.1 Å². The van der Waals surface area contributed by atoms with E-state index in [0.717, 1.165) is 28.2 Å². The van der Waals surface area contributed by atoms with Crippen LogP contribution < -0.4 is 0 Å². The molecule has 3 heteroatoms. The van der Waals surface area contributed by atoms with Gasteiger partial charge in [0.05, 0.1) is 11.4 Å². The van der Waals surface area contributed by atoms with E-state index in [1.54, 1.807) is 6.20 Å². The molecule has 2 aromatic heterocycles. The highest BCUT2D eigenvalue weighted by Gasteiger charge is 2.31. The molecule has 0 fully saturated rings. The van der Waals surface area contributed by atoms with Gasteiger partial charge in [0.1, 0.15) is 12.0 Å². The molecule has 1 aliphatic carbocycles. The fourth-order valence-electron chi connectivity index (χ4n) is 8.64. The van der Waals surface area contributed by atoms with E-state index >= 15 is 0 Å². The van der Waals surface area contributed by atoms with Crippen LogP contribution in [0.5, 0.6) is 0 Å². The molecule has 0 bridgehead atoms. The van der Waals surface area contributed by atoms with Crippen molar-refractivity contribution < 1.29 is 0 Å². The van der Waals surface area contributed by atoms with Crippen LogP contribution in [0.1, 0.15) is 0 Å². The average Bonchev–Trinajstić information content (AvgIpc) is 3.78. The fraction of sp³-hybridized carbons (Fsp3) is 0. The normalized spacial score (nSPS) is 11.8. The summed E-state index contributed by atoms with van der Waals surface area (Å²) in [7, 11) is 0. The van der Waals surface area contributed by atoms with Crippen LogP contribution in [0.25, 0.3) is 105 Å². The number of aromatic nitrogens is 3. The molecule has 0 spiro atoms. The fourth-order valence-corrected chi connectivity index (χ4v) is 8.64. The lowest BCUT2D eigenvalue weighted by Gasteiger charge is -2.20. The highest BCUT2D eigenvalue weighted by molar-refractivity contribution is 6.28. The van der Waals surface area contributed by atoms with E-state index in [4.69, 9.17) is 4.98 Å². The zero-order valence-corrected chi connectivity index (χ0v) is 28.7. The number of benzene rings is 8. The van der Waals surface area contributed by atoms with E-state index in [1.807, 2.05) is 18.5 Å². The van der Waals surface area contributed by atoms with Gasteiger partial charge in [-0.1, -0.05) is 170 Å². The topological polar surface area (TPSA) is 30.2 Å². The van der Waals surface area contributed by atoms with Gasteiger partial charge < -0.3 is 0 Å². The van der Waals surface area contributed by atoms with Gasteiger partial charge in [-0.3, -0.25) is 4.40 Å². The standard InChI is InChI=1S/C50H31N3/c1-4-13-33(14-5-1)44-39-19-10-11-20-40(39)45(34-15-6-2-7-16-34)48-42-28-27-37(38-21-12-22-41(46(38)42)47(44)48)32-23-25-36(26-24-32)50-49(35-17-8-3-9-18-35)52-43-29-30-51-31-53(43)50/h1-31H. The molecule has 10 aromatic rings. The van der Waals surface area contributed by atoms with Crippen LogP contribution in [0.3, 0.4) is 0 Å². The van der Waals surface area contributed by atoms with Crippen LogP contribution in [0.2, 0.25) is 0 Å². The summed E-state index contributed by atoms with van der Waals surface area (Å²) in [6.45, 7) is 0. The summed E-state index contributed by atoms with van der Waals surface area (Å²) in [5.41, 5.74) is 17.7. The van der Waals surface area contributed by atoms with Gasteiger partial charge in [0.25, 0.3) is 0 Å². The Balaban J connectivity index is 1.13. The first-order chi connectivity index (χ1) is 26.3. The zero-order valence-electron chi connectivity index (χ0n) is 28.7. The van der Waals surface area contributed by atoms with E-state index in [9.17, 15) is 0 Å². The summed E-state index contributed by atoms with van der Waals surface area (Å²) >= 11 is 0. The highest BCUT2D eigenvalue weighted by Crippen LogP contribution is 2.58. The third-order valence-electron chi connectivity index (χ3n) is 10.9. The molecule has 0 saturated carbocycles. The van der Waals surface area contributed by atoms with E-state index in [2.05, 4.69) is 173 Å². The Kier molecular flexibility index (Phi) is 6.55. The molecule has 0 amide bonds. The second-order valence-corrected chi connectivity index (χ2v) is 13.7. The molecule has 246 valence electrons. The quantitative estimate of drug-likeness (QED) is 0.182. The van der Waals surface area contributed by atoms with Crippen molar-refractivity contribution in [2.45, 2.75) is 0 Å². The van der Waals surface area contributed by atoms with Gasteiger partial charge >= 0.3 is 0 Å². The van der Waals surface area contributed by atoms with Crippen molar-refractivity contribution in [3.63, 3.8) is 0 Å². The van der Waals surface area contributed by atoms with Crippen LogP contribution in [0.15, 0.2) is 188 Å². The van der Waals surface area contributed by atoms with Gasteiger partial charge in [0, 0.05) is 17.3 Å². The second kappa shape index (κ2) is 11.7. The van der Waals surface area contributed by atoms with Gasteiger partial charge in [-0.05, 0) is 83.2 Å². The third-order valence-corrected chi connectivity index (χ3v) is 10.9. The Morgan fingerprint density at radius 2 is 0.887 bits per heavy atom. The van der Waals surface area contributed by atoms with Crippen LogP contribution in [-0.2, 0) is 0 Å². The predicted octanol–water partition coefficient (Wildman–Crippen LogP) is 13.0. The summed E-state index contributed by atoms with van der Waals surface area (Å²) in [4.78, 5) is 9.46. The van der Waals surface area contributed by atoms with Gasteiger partial charge in [-0.2, -0.15) is 0 Å². The lowest BCUT2D eigenvalue weighted by atomic mass is 9.82. The Morgan fingerprint density at radius 3 is 1.53 bits per heavy atom. The molecule has 0 atom stereocenters. The monoisotopic (exact) mass is 673 g/mol. The Labute approximate surface area is 307 Å². The molecule has 0 saturated heterocycles. The maximum absolute atomic E-state index is 5.03. The summed E-state index contributed by atoms with van der Waals surface area (Å²) in [6.07, 6.45) is 3.65. The van der Waals surface area contributed by atoms with E-state index in [1.165, 1.54) is 77.2 Å². The van der Waals surface area contributed by atoms with Crippen molar-refractivity contribution in [2.75, 3.05) is 0 Å². The molecule has 0 radical (unpaired) electrons. The maximum atomic E-state index is 5.03. The first-order valence-electron chi connectivity index (χ1n) is 18.1. The van der Waals surface area contributed by atoms with Crippen LogP contribution in [-0.4, -0.2) is 14.4 Å². The van der Waals surface area contributed by atoms with Crippen molar-refractivity contribution >= 4 is 27.2 Å². The van der Waals surface area contributed by atoms with E-state index in [0.29, 0.717) is 0 Å². The lowest BCUT2D eigenvalue weighted by Crippen LogP contribution is -1.93. The van der Waals surface area contributed by atoms with Crippen molar-refractivity contribution in [1.29, 1.82) is 0 Å². The van der Waals surface area contributed by atoms with Crippen molar-refractivity contribution in [3.05, 3.63) is 188 Å². The number of hydrogen-bond acceptors (Lipinski definition) is 2.